The van der Waals surface area contributed by atoms with E-state index in [9.17, 15) is 14.7 Å². The third-order valence-electron chi connectivity index (χ3n) is 5.15. The van der Waals surface area contributed by atoms with Crippen molar-refractivity contribution in [2.24, 2.45) is 0 Å². The van der Waals surface area contributed by atoms with Crippen molar-refractivity contribution in [3.8, 4) is 11.5 Å². The van der Waals surface area contributed by atoms with Crippen molar-refractivity contribution >= 4 is 23.5 Å². The van der Waals surface area contributed by atoms with Gasteiger partial charge in [0.05, 0.1) is 29.9 Å². The van der Waals surface area contributed by atoms with Crippen molar-refractivity contribution in [1.29, 1.82) is 0 Å². The van der Waals surface area contributed by atoms with Gasteiger partial charge in [-0.15, -0.1) is 0 Å². The number of carbonyl (C=O) groups excluding carboxylic acids is 1. The van der Waals surface area contributed by atoms with E-state index in [1.165, 1.54) is 0 Å². The highest BCUT2D eigenvalue weighted by Crippen LogP contribution is 2.32. The molecular weight excluding hydrogens is 446 g/mol. The minimum atomic E-state index is -1.00. The Morgan fingerprint density at radius 2 is 2.03 bits per heavy atom. The van der Waals surface area contributed by atoms with Crippen molar-refractivity contribution in [2.75, 3.05) is 13.2 Å². The van der Waals surface area contributed by atoms with Crippen LogP contribution in [0.3, 0.4) is 0 Å². The Morgan fingerprint density at radius 1 is 1.24 bits per heavy atom. The summed E-state index contributed by atoms with van der Waals surface area (Å²) in [4.78, 5) is 24.4. The van der Waals surface area contributed by atoms with Gasteiger partial charge in [-0.3, -0.25) is 4.79 Å². The molecule has 1 atom stereocenters. The zero-order chi connectivity index (χ0) is 24.0. The summed E-state index contributed by atoms with van der Waals surface area (Å²) in [5.41, 5.74) is 2.97. The van der Waals surface area contributed by atoms with E-state index < -0.39 is 12.1 Å². The lowest BCUT2D eigenvalue weighted by atomic mass is 9.99. The minimum absolute atomic E-state index is 0.203. The van der Waals surface area contributed by atoms with Crippen LogP contribution in [0.4, 0.5) is 0 Å². The third kappa shape index (κ3) is 6.62. The fraction of sp³-hybridized carbons (Fsp3) is 0.440. The summed E-state index contributed by atoms with van der Waals surface area (Å²) < 4.78 is 16.9. The molecule has 8 heteroatoms. The molecule has 0 aromatic heterocycles. The van der Waals surface area contributed by atoms with E-state index in [4.69, 9.17) is 25.8 Å². The summed E-state index contributed by atoms with van der Waals surface area (Å²) in [5, 5.41) is 12.7. The largest absolute Gasteiger partial charge is 0.494 e. The summed E-state index contributed by atoms with van der Waals surface area (Å²) in [5.74, 6) is 0.0427. The molecule has 2 aromatic rings. The lowest BCUT2D eigenvalue weighted by Crippen LogP contribution is -2.29. The summed E-state index contributed by atoms with van der Waals surface area (Å²) in [6, 6.07) is 8.82. The van der Waals surface area contributed by atoms with E-state index in [0.717, 1.165) is 35.3 Å². The number of carbonyl (C=O) groups is 2. The molecule has 3 rings (SSSR count). The third-order valence-corrected chi connectivity index (χ3v) is 5.46. The molecule has 0 radical (unpaired) electrons. The van der Waals surface area contributed by atoms with Gasteiger partial charge in [-0.2, -0.15) is 0 Å². The smallest absolute Gasteiger partial charge is 0.333 e. The van der Waals surface area contributed by atoms with Crippen molar-refractivity contribution in [3.63, 3.8) is 0 Å². The first kappa shape index (κ1) is 24.9. The van der Waals surface area contributed by atoms with E-state index in [1.54, 1.807) is 32.0 Å². The standard InChI is InChI=1S/C25H30ClNO6/c1-4-8-31-19-5-6-20(21(26)13-19)24(28)27-14-18-11-16(10-17-7-9-32-23(17)18)12-22(25(29)30)33-15(2)3/h5-6,10-11,13,15,22H,4,7-9,12,14H2,1-3H3,(H,27,28)(H,29,30). The van der Waals surface area contributed by atoms with Gasteiger partial charge in [0.1, 0.15) is 11.5 Å². The fourth-order valence-corrected chi connectivity index (χ4v) is 3.96. The van der Waals surface area contributed by atoms with Crippen LogP contribution in [-0.2, 0) is 28.9 Å². The maximum atomic E-state index is 12.8. The number of halogens is 1. The van der Waals surface area contributed by atoms with E-state index in [-0.39, 0.29) is 25.0 Å². The molecule has 1 amide bonds. The van der Waals surface area contributed by atoms with Crippen molar-refractivity contribution in [3.05, 3.63) is 57.6 Å². The van der Waals surface area contributed by atoms with Gasteiger partial charge in [-0.25, -0.2) is 4.79 Å². The first-order chi connectivity index (χ1) is 15.8. The van der Waals surface area contributed by atoms with E-state index in [1.807, 2.05) is 19.1 Å². The zero-order valence-electron chi connectivity index (χ0n) is 19.2. The lowest BCUT2D eigenvalue weighted by molar-refractivity contribution is -0.153. The highest BCUT2D eigenvalue weighted by atomic mass is 35.5. The van der Waals surface area contributed by atoms with Crippen molar-refractivity contribution in [2.45, 2.75) is 58.8 Å². The van der Waals surface area contributed by atoms with Crippen LogP contribution in [0.2, 0.25) is 5.02 Å². The molecule has 33 heavy (non-hydrogen) atoms. The Bertz CT molecular complexity index is 1010. The molecule has 1 aliphatic heterocycles. The number of amides is 1. The van der Waals surface area contributed by atoms with Crippen LogP contribution in [-0.4, -0.2) is 42.4 Å². The Morgan fingerprint density at radius 3 is 2.70 bits per heavy atom. The molecule has 1 unspecified atom stereocenters. The first-order valence-electron chi connectivity index (χ1n) is 11.1. The van der Waals surface area contributed by atoms with Crippen molar-refractivity contribution in [1.82, 2.24) is 5.32 Å². The number of fused-ring (bicyclic) bond motifs is 1. The predicted molar refractivity (Wildman–Crippen MR) is 125 cm³/mol. The zero-order valence-corrected chi connectivity index (χ0v) is 19.9. The van der Waals surface area contributed by atoms with Gasteiger partial charge >= 0.3 is 5.97 Å². The van der Waals surface area contributed by atoms with Crippen molar-refractivity contribution < 1.29 is 28.9 Å². The molecule has 7 nitrogen and oxygen atoms in total. The minimum Gasteiger partial charge on any atom is -0.494 e. The molecule has 0 saturated carbocycles. The molecule has 1 aliphatic rings. The number of hydrogen-bond donors (Lipinski definition) is 2. The van der Waals surface area contributed by atoms with Crippen LogP contribution < -0.4 is 14.8 Å². The normalized spacial score (nSPS) is 13.4. The van der Waals surface area contributed by atoms with Gasteiger partial charge in [-0.1, -0.05) is 30.7 Å². The summed E-state index contributed by atoms with van der Waals surface area (Å²) in [6.45, 7) is 6.98. The number of nitrogens with one attached hydrogen (secondary N) is 1. The lowest BCUT2D eigenvalue weighted by Gasteiger charge is -2.18. The molecule has 1 heterocycles. The SMILES string of the molecule is CCCOc1ccc(C(=O)NCc2cc(CC(OC(C)C)C(=O)O)cc3c2OCC3)c(Cl)c1. The van der Waals surface area contributed by atoms with Crippen LogP contribution in [0.15, 0.2) is 30.3 Å². The molecule has 178 valence electrons. The molecule has 2 aromatic carbocycles. The van der Waals surface area contributed by atoms with Gasteiger partial charge in [0, 0.05) is 24.9 Å². The highest BCUT2D eigenvalue weighted by molar-refractivity contribution is 6.34. The maximum absolute atomic E-state index is 12.8. The molecule has 0 spiro atoms. The number of benzene rings is 2. The Kier molecular flexibility index (Phi) is 8.58. The fourth-order valence-electron chi connectivity index (χ4n) is 3.71. The summed E-state index contributed by atoms with van der Waals surface area (Å²) in [6.07, 6.45) is 0.693. The second-order valence-corrected chi connectivity index (χ2v) is 8.64. The number of carboxylic acids is 1. The average molecular weight is 476 g/mol. The molecule has 0 saturated heterocycles. The van der Waals surface area contributed by atoms with E-state index in [2.05, 4.69) is 5.32 Å². The highest BCUT2D eigenvalue weighted by Gasteiger charge is 2.24. The number of aliphatic carboxylic acids is 1. The van der Waals surface area contributed by atoms with Gasteiger partial charge < -0.3 is 24.6 Å². The second kappa shape index (κ2) is 11.4. The maximum Gasteiger partial charge on any atom is 0.333 e. The predicted octanol–water partition coefficient (Wildman–Crippen LogP) is 4.41. The van der Waals surface area contributed by atoms with Crippen LogP contribution in [0.5, 0.6) is 11.5 Å². The molecule has 2 N–H and O–H groups in total. The van der Waals surface area contributed by atoms with Gasteiger partial charge in [0.2, 0.25) is 0 Å². The summed E-state index contributed by atoms with van der Waals surface area (Å²) in [7, 11) is 0. The van der Waals surface area contributed by atoms with Gasteiger partial charge in [-0.05, 0) is 49.6 Å². The quantitative estimate of drug-likeness (QED) is 0.499. The van der Waals surface area contributed by atoms with Crippen LogP contribution in [0.1, 0.15) is 54.2 Å². The van der Waals surface area contributed by atoms with E-state index >= 15 is 0 Å². The Labute approximate surface area is 199 Å². The number of ether oxygens (including phenoxy) is 3. The van der Waals surface area contributed by atoms with Crippen LogP contribution in [0, 0.1) is 0 Å². The van der Waals surface area contributed by atoms with Crippen LogP contribution >= 0.6 is 11.6 Å². The molecule has 0 bridgehead atoms. The van der Waals surface area contributed by atoms with Crippen LogP contribution in [0.25, 0.3) is 0 Å². The molecule has 0 aliphatic carbocycles. The summed E-state index contributed by atoms with van der Waals surface area (Å²) >= 11 is 6.30. The number of carboxylic acid groups (broad SMARTS) is 1. The number of hydrogen-bond acceptors (Lipinski definition) is 5. The van der Waals surface area contributed by atoms with Gasteiger partial charge in [0.15, 0.2) is 6.10 Å². The monoisotopic (exact) mass is 475 g/mol. The molecule has 0 fully saturated rings. The average Bonchev–Trinajstić information content (AvgIpc) is 3.24. The molecular formula is C25H30ClNO6. The second-order valence-electron chi connectivity index (χ2n) is 8.23. The van der Waals surface area contributed by atoms with E-state index in [0.29, 0.717) is 29.5 Å². The first-order valence-corrected chi connectivity index (χ1v) is 11.5. The number of rotatable bonds is 11. The topological polar surface area (TPSA) is 94.1 Å². The van der Waals surface area contributed by atoms with Gasteiger partial charge in [0.25, 0.3) is 5.91 Å². The Hall–Kier alpha value is -2.77. The Balaban J connectivity index is 1.74.